The van der Waals surface area contributed by atoms with Gasteiger partial charge in [-0.15, -0.1) is 0 Å². The summed E-state index contributed by atoms with van der Waals surface area (Å²) >= 11 is 0. The molecule has 0 unspecified atom stereocenters. The van der Waals surface area contributed by atoms with Crippen LogP contribution in [0.15, 0.2) is 24.3 Å². The molecule has 26 heavy (non-hydrogen) atoms. The summed E-state index contributed by atoms with van der Waals surface area (Å²) in [5.41, 5.74) is 1.75. The van der Waals surface area contributed by atoms with Crippen LogP contribution in [0.1, 0.15) is 12.1 Å². The lowest BCUT2D eigenvalue weighted by atomic mass is 10.1. The monoisotopic (exact) mass is 357 g/mol. The highest BCUT2D eigenvalue weighted by Crippen LogP contribution is 2.32. The molecular formula is C19H27N5O2. The maximum absolute atomic E-state index is 6.06. The van der Waals surface area contributed by atoms with Gasteiger partial charge >= 0.3 is 0 Å². The number of ether oxygens (including phenoxy) is 2. The van der Waals surface area contributed by atoms with Gasteiger partial charge < -0.3 is 25.0 Å². The third kappa shape index (κ3) is 4.54. The van der Waals surface area contributed by atoms with E-state index in [0.29, 0.717) is 18.5 Å². The van der Waals surface area contributed by atoms with Crippen LogP contribution in [0.5, 0.6) is 11.5 Å². The van der Waals surface area contributed by atoms with Crippen LogP contribution in [0.4, 0.5) is 17.5 Å². The van der Waals surface area contributed by atoms with E-state index >= 15 is 0 Å². The van der Waals surface area contributed by atoms with Gasteiger partial charge in [-0.2, -0.15) is 4.98 Å². The van der Waals surface area contributed by atoms with Crippen molar-refractivity contribution < 1.29 is 9.47 Å². The van der Waals surface area contributed by atoms with Crippen LogP contribution < -0.4 is 20.1 Å². The van der Waals surface area contributed by atoms with Crippen LogP contribution >= 0.6 is 0 Å². The third-order valence-corrected chi connectivity index (χ3v) is 4.49. The number of methoxy groups -OCH3 is 1. The van der Waals surface area contributed by atoms with Gasteiger partial charge in [0.15, 0.2) is 11.5 Å². The predicted molar refractivity (Wildman–Crippen MR) is 104 cm³/mol. The zero-order chi connectivity index (χ0) is 18.5. The van der Waals surface area contributed by atoms with Gasteiger partial charge in [-0.25, -0.2) is 4.98 Å². The Morgan fingerprint density at radius 3 is 2.77 bits per heavy atom. The normalized spacial score (nSPS) is 17.2. The minimum absolute atomic E-state index is 0.544. The van der Waals surface area contributed by atoms with E-state index in [9.17, 15) is 0 Å². The highest BCUT2D eigenvalue weighted by atomic mass is 16.5. The molecule has 2 aromatic rings. The first-order chi connectivity index (χ1) is 12.6. The number of benzene rings is 1. The van der Waals surface area contributed by atoms with E-state index in [2.05, 4.69) is 32.5 Å². The van der Waals surface area contributed by atoms with E-state index in [1.165, 1.54) is 6.42 Å². The van der Waals surface area contributed by atoms with Crippen LogP contribution in [0, 0.1) is 12.8 Å². The maximum atomic E-state index is 6.06. The molecule has 0 radical (unpaired) electrons. The Balaban J connectivity index is 1.73. The molecule has 1 aromatic carbocycles. The van der Waals surface area contributed by atoms with Crippen molar-refractivity contribution in [3.05, 3.63) is 30.0 Å². The average molecular weight is 357 g/mol. The average Bonchev–Trinajstić information content (AvgIpc) is 3.05. The number of aryl methyl sites for hydroxylation is 1. The fourth-order valence-corrected chi connectivity index (χ4v) is 3.12. The molecule has 1 aromatic heterocycles. The van der Waals surface area contributed by atoms with Crippen LogP contribution in [0.2, 0.25) is 0 Å². The van der Waals surface area contributed by atoms with Crippen molar-refractivity contribution in [2.45, 2.75) is 13.3 Å². The van der Waals surface area contributed by atoms with E-state index in [-0.39, 0.29) is 0 Å². The summed E-state index contributed by atoms with van der Waals surface area (Å²) in [4.78, 5) is 11.2. The second-order valence-corrected chi connectivity index (χ2v) is 6.69. The number of hydrogen-bond acceptors (Lipinski definition) is 7. The highest BCUT2D eigenvalue weighted by Gasteiger charge is 2.20. The Kier molecular flexibility index (Phi) is 5.78. The number of likely N-dealkylation sites (tertiary alicyclic amines) is 1. The fourth-order valence-electron chi connectivity index (χ4n) is 3.12. The summed E-state index contributed by atoms with van der Waals surface area (Å²) in [6, 6.07) is 7.65. The van der Waals surface area contributed by atoms with Crippen molar-refractivity contribution in [3.63, 3.8) is 0 Å². The largest absolute Gasteiger partial charge is 0.493 e. The lowest BCUT2D eigenvalue weighted by Crippen LogP contribution is -2.18. The fraction of sp³-hybridized carbons (Fsp3) is 0.474. The smallest absolute Gasteiger partial charge is 0.229 e. The molecule has 1 fully saturated rings. The molecule has 1 atom stereocenters. The molecule has 0 aliphatic carbocycles. The number of hydrogen-bond donors (Lipinski definition) is 2. The second kappa shape index (κ2) is 8.23. The SMILES string of the molecule is CNc1cc(C)nc(Nc2ccc(OC)c(OC[C@H]3CCN(C)C3)c2)n1. The second-order valence-electron chi connectivity index (χ2n) is 6.69. The Labute approximate surface area is 154 Å². The molecule has 0 saturated carbocycles. The quantitative estimate of drug-likeness (QED) is 0.789. The number of nitrogens with zero attached hydrogens (tertiary/aromatic N) is 3. The van der Waals surface area contributed by atoms with Crippen LogP contribution in [-0.4, -0.2) is 55.8 Å². The lowest BCUT2D eigenvalue weighted by Gasteiger charge is -2.16. The van der Waals surface area contributed by atoms with Gasteiger partial charge in [-0.3, -0.25) is 0 Å². The standard InChI is InChI=1S/C19H27N5O2/c1-13-9-18(20-2)23-19(21-13)22-15-5-6-16(25-4)17(10-15)26-12-14-7-8-24(3)11-14/h5-6,9-10,14H,7-8,11-12H2,1-4H3,(H2,20,21,22,23)/t14-/m0/s1. The number of rotatable bonds is 7. The van der Waals surface area contributed by atoms with Gasteiger partial charge in [0.1, 0.15) is 5.82 Å². The Hall–Kier alpha value is -2.54. The molecule has 0 amide bonds. The van der Waals surface area contributed by atoms with Crippen molar-refractivity contribution >= 4 is 17.5 Å². The summed E-state index contributed by atoms with van der Waals surface area (Å²) in [5, 5.41) is 6.28. The summed E-state index contributed by atoms with van der Waals surface area (Å²) < 4.78 is 11.5. The van der Waals surface area contributed by atoms with E-state index in [1.807, 2.05) is 38.2 Å². The molecule has 7 nitrogen and oxygen atoms in total. The van der Waals surface area contributed by atoms with Crippen molar-refractivity contribution in [1.29, 1.82) is 0 Å². The highest BCUT2D eigenvalue weighted by molar-refractivity contribution is 5.60. The number of anilines is 3. The summed E-state index contributed by atoms with van der Waals surface area (Å²) in [5.74, 6) is 3.33. The molecule has 1 aliphatic rings. The molecule has 2 heterocycles. The van der Waals surface area contributed by atoms with E-state index in [0.717, 1.165) is 41.8 Å². The minimum atomic E-state index is 0.544. The van der Waals surface area contributed by atoms with Crippen molar-refractivity contribution in [2.75, 3.05) is 51.5 Å². The van der Waals surface area contributed by atoms with Gasteiger partial charge in [0.05, 0.1) is 13.7 Å². The Morgan fingerprint density at radius 1 is 1.23 bits per heavy atom. The van der Waals surface area contributed by atoms with Crippen LogP contribution in [0.25, 0.3) is 0 Å². The maximum Gasteiger partial charge on any atom is 0.229 e. The zero-order valence-electron chi connectivity index (χ0n) is 15.9. The number of aromatic nitrogens is 2. The van der Waals surface area contributed by atoms with Gasteiger partial charge in [0.2, 0.25) is 5.95 Å². The van der Waals surface area contributed by atoms with Crippen molar-refractivity contribution in [1.82, 2.24) is 14.9 Å². The summed E-state index contributed by atoms with van der Waals surface area (Å²) in [6.45, 7) is 4.83. The number of nitrogens with one attached hydrogen (secondary N) is 2. The first-order valence-electron chi connectivity index (χ1n) is 8.87. The molecule has 3 rings (SSSR count). The molecular weight excluding hydrogens is 330 g/mol. The topological polar surface area (TPSA) is 71.5 Å². The van der Waals surface area contributed by atoms with E-state index in [4.69, 9.17) is 9.47 Å². The van der Waals surface area contributed by atoms with Crippen molar-refractivity contribution in [3.8, 4) is 11.5 Å². The first kappa shape index (κ1) is 18.3. The van der Waals surface area contributed by atoms with Gasteiger partial charge in [0, 0.05) is 43.0 Å². The molecule has 2 N–H and O–H groups in total. The van der Waals surface area contributed by atoms with Gasteiger partial charge in [-0.1, -0.05) is 0 Å². The van der Waals surface area contributed by atoms with Crippen molar-refractivity contribution in [2.24, 2.45) is 5.92 Å². The molecule has 1 aliphatic heterocycles. The predicted octanol–water partition coefficient (Wildman–Crippen LogP) is 2.91. The molecule has 0 spiro atoms. The first-order valence-corrected chi connectivity index (χ1v) is 8.87. The summed E-state index contributed by atoms with van der Waals surface area (Å²) in [7, 11) is 5.64. The van der Waals surface area contributed by atoms with Gasteiger partial charge in [0.25, 0.3) is 0 Å². The third-order valence-electron chi connectivity index (χ3n) is 4.49. The molecule has 7 heteroatoms. The molecule has 1 saturated heterocycles. The molecule has 0 bridgehead atoms. The molecule has 140 valence electrons. The van der Waals surface area contributed by atoms with E-state index < -0.39 is 0 Å². The summed E-state index contributed by atoms with van der Waals surface area (Å²) in [6.07, 6.45) is 1.17. The van der Waals surface area contributed by atoms with E-state index in [1.54, 1.807) is 7.11 Å². The van der Waals surface area contributed by atoms with Crippen LogP contribution in [0.3, 0.4) is 0 Å². The zero-order valence-corrected chi connectivity index (χ0v) is 15.9. The Bertz CT molecular complexity index is 753. The van der Waals surface area contributed by atoms with Gasteiger partial charge in [-0.05, 0) is 39.1 Å². The lowest BCUT2D eigenvalue weighted by molar-refractivity contribution is 0.238. The van der Waals surface area contributed by atoms with Crippen LogP contribution in [-0.2, 0) is 0 Å². The minimum Gasteiger partial charge on any atom is -0.493 e. The Morgan fingerprint density at radius 2 is 2.08 bits per heavy atom.